The summed E-state index contributed by atoms with van der Waals surface area (Å²) in [6.45, 7) is -0.365. The molecule has 0 aliphatic carbocycles. The predicted octanol–water partition coefficient (Wildman–Crippen LogP) is -0.241. The molecule has 0 bridgehead atoms. The quantitative estimate of drug-likeness (QED) is 0.674. The van der Waals surface area contributed by atoms with Crippen LogP contribution < -0.4 is 4.72 Å². The Hall–Kier alpha value is -1.48. The SMILES string of the molecule is COCC(CO)NS(=O)(=O)c1cccc(C(=O)OC)c1. The fourth-order valence-corrected chi connectivity index (χ4v) is 2.78. The van der Waals surface area contributed by atoms with E-state index in [0.717, 1.165) is 0 Å². The van der Waals surface area contributed by atoms with Crippen molar-refractivity contribution in [3.05, 3.63) is 29.8 Å². The molecule has 112 valence electrons. The van der Waals surface area contributed by atoms with Gasteiger partial charge in [0.2, 0.25) is 10.0 Å². The highest BCUT2D eigenvalue weighted by molar-refractivity contribution is 7.89. The van der Waals surface area contributed by atoms with Gasteiger partial charge in [0.15, 0.2) is 0 Å². The summed E-state index contributed by atoms with van der Waals surface area (Å²) in [6.07, 6.45) is 0. The fraction of sp³-hybridized carbons (Fsp3) is 0.417. The molecule has 0 aliphatic rings. The Bertz CT molecular complexity index is 557. The van der Waals surface area contributed by atoms with Crippen molar-refractivity contribution in [2.45, 2.75) is 10.9 Å². The molecule has 1 aromatic rings. The zero-order valence-corrected chi connectivity index (χ0v) is 12.0. The van der Waals surface area contributed by atoms with Crippen LogP contribution >= 0.6 is 0 Å². The summed E-state index contributed by atoms with van der Waals surface area (Å²) in [5, 5.41) is 9.07. The van der Waals surface area contributed by atoms with Crippen LogP contribution in [0.1, 0.15) is 10.4 Å². The first-order valence-electron chi connectivity index (χ1n) is 5.75. The van der Waals surface area contributed by atoms with E-state index >= 15 is 0 Å². The molecule has 8 heteroatoms. The number of hydrogen-bond donors (Lipinski definition) is 2. The van der Waals surface area contributed by atoms with Crippen LogP contribution in [0.3, 0.4) is 0 Å². The Balaban J connectivity index is 3.00. The second-order valence-electron chi connectivity index (χ2n) is 3.98. The molecule has 20 heavy (non-hydrogen) atoms. The number of aliphatic hydroxyl groups is 1. The van der Waals surface area contributed by atoms with E-state index in [0.29, 0.717) is 0 Å². The fourth-order valence-electron chi connectivity index (χ4n) is 1.52. The minimum Gasteiger partial charge on any atom is -0.465 e. The van der Waals surface area contributed by atoms with E-state index in [4.69, 9.17) is 9.84 Å². The molecule has 0 heterocycles. The average molecular weight is 303 g/mol. The van der Waals surface area contributed by atoms with Crippen molar-refractivity contribution >= 4 is 16.0 Å². The number of nitrogens with one attached hydrogen (secondary N) is 1. The summed E-state index contributed by atoms with van der Waals surface area (Å²) in [5.74, 6) is -0.627. The lowest BCUT2D eigenvalue weighted by Gasteiger charge is -2.15. The number of ether oxygens (including phenoxy) is 2. The normalized spacial score (nSPS) is 12.9. The number of sulfonamides is 1. The molecular formula is C12H17NO6S. The largest absolute Gasteiger partial charge is 0.465 e. The van der Waals surface area contributed by atoms with Crippen LogP contribution in [-0.2, 0) is 19.5 Å². The van der Waals surface area contributed by atoms with Gasteiger partial charge >= 0.3 is 5.97 Å². The van der Waals surface area contributed by atoms with Gasteiger partial charge in [-0.25, -0.2) is 17.9 Å². The van der Waals surface area contributed by atoms with Crippen LogP contribution in [0.5, 0.6) is 0 Å². The average Bonchev–Trinajstić information content (AvgIpc) is 2.45. The zero-order chi connectivity index (χ0) is 15.2. The Labute approximate surface area is 117 Å². The molecule has 1 unspecified atom stereocenters. The lowest BCUT2D eigenvalue weighted by atomic mass is 10.2. The number of aliphatic hydroxyl groups excluding tert-OH is 1. The summed E-state index contributed by atoms with van der Waals surface area (Å²) in [7, 11) is -1.25. The second kappa shape index (κ2) is 7.34. The van der Waals surface area contributed by atoms with Crippen molar-refractivity contribution in [1.29, 1.82) is 0 Å². The summed E-state index contributed by atoms with van der Waals surface area (Å²) >= 11 is 0. The van der Waals surface area contributed by atoms with Gasteiger partial charge in [0.25, 0.3) is 0 Å². The van der Waals surface area contributed by atoms with E-state index in [1.54, 1.807) is 0 Å². The van der Waals surface area contributed by atoms with E-state index in [2.05, 4.69) is 9.46 Å². The molecule has 1 rings (SSSR count). The second-order valence-corrected chi connectivity index (χ2v) is 5.69. The lowest BCUT2D eigenvalue weighted by molar-refractivity contribution is 0.0600. The van der Waals surface area contributed by atoms with E-state index < -0.39 is 28.6 Å². The highest BCUT2D eigenvalue weighted by Gasteiger charge is 2.20. The number of carbonyl (C=O) groups excluding carboxylic acids is 1. The molecule has 0 amide bonds. The van der Waals surface area contributed by atoms with Gasteiger partial charge < -0.3 is 14.6 Å². The van der Waals surface area contributed by atoms with Gasteiger partial charge in [-0.15, -0.1) is 0 Å². The van der Waals surface area contributed by atoms with E-state index in [1.165, 1.54) is 38.5 Å². The van der Waals surface area contributed by atoms with Crippen molar-refractivity contribution in [3.63, 3.8) is 0 Å². The Morgan fingerprint density at radius 2 is 2.10 bits per heavy atom. The number of esters is 1. The number of carbonyl (C=O) groups is 1. The first kappa shape index (κ1) is 16.6. The number of rotatable bonds is 7. The van der Waals surface area contributed by atoms with Crippen LogP contribution in [0.4, 0.5) is 0 Å². The van der Waals surface area contributed by atoms with Crippen LogP contribution in [0.2, 0.25) is 0 Å². The van der Waals surface area contributed by atoms with E-state index in [1.807, 2.05) is 0 Å². The number of benzene rings is 1. The van der Waals surface area contributed by atoms with Gasteiger partial charge in [-0.05, 0) is 18.2 Å². The van der Waals surface area contributed by atoms with Gasteiger partial charge in [-0.2, -0.15) is 0 Å². The molecule has 0 aliphatic heterocycles. The van der Waals surface area contributed by atoms with Crippen molar-refractivity contribution in [1.82, 2.24) is 4.72 Å². The third kappa shape index (κ3) is 4.27. The van der Waals surface area contributed by atoms with Crippen LogP contribution in [0, 0.1) is 0 Å². The summed E-state index contributed by atoms with van der Waals surface area (Å²) in [6, 6.07) is 4.67. The molecule has 0 radical (unpaired) electrons. The smallest absolute Gasteiger partial charge is 0.337 e. The molecule has 0 spiro atoms. The van der Waals surface area contributed by atoms with Crippen LogP contribution in [0.25, 0.3) is 0 Å². The molecular weight excluding hydrogens is 286 g/mol. The molecule has 0 saturated carbocycles. The van der Waals surface area contributed by atoms with Crippen molar-refractivity contribution in [3.8, 4) is 0 Å². The van der Waals surface area contributed by atoms with Gasteiger partial charge in [0.05, 0.1) is 36.8 Å². The molecule has 1 atom stereocenters. The predicted molar refractivity (Wildman–Crippen MR) is 70.9 cm³/mol. The third-order valence-electron chi connectivity index (χ3n) is 2.48. The first-order valence-corrected chi connectivity index (χ1v) is 7.23. The summed E-state index contributed by atoms with van der Waals surface area (Å²) in [4.78, 5) is 11.3. The van der Waals surface area contributed by atoms with Crippen molar-refractivity contribution in [2.24, 2.45) is 0 Å². The first-order chi connectivity index (χ1) is 9.44. The monoisotopic (exact) mass is 303 g/mol. The zero-order valence-electron chi connectivity index (χ0n) is 11.2. The standard InChI is InChI=1S/C12H17NO6S/c1-18-8-10(7-14)13-20(16,17)11-5-3-4-9(6-11)12(15)19-2/h3-6,10,13-14H,7-8H2,1-2H3. The lowest BCUT2D eigenvalue weighted by Crippen LogP contribution is -2.40. The Morgan fingerprint density at radius 3 is 2.65 bits per heavy atom. The number of methoxy groups -OCH3 is 2. The van der Waals surface area contributed by atoms with Crippen LogP contribution in [0.15, 0.2) is 29.2 Å². The van der Waals surface area contributed by atoms with Gasteiger partial charge in [0, 0.05) is 7.11 Å². The minimum atomic E-state index is -3.86. The van der Waals surface area contributed by atoms with Gasteiger partial charge in [-0.1, -0.05) is 6.07 Å². The highest BCUT2D eigenvalue weighted by Crippen LogP contribution is 2.13. The summed E-state index contributed by atoms with van der Waals surface area (Å²) < 4.78 is 35.8. The maximum atomic E-state index is 12.1. The molecule has 7 nitrogen and oxygen atoms in total. The maximum Gasteiger partial charge on any atom is 0.337 e. The van der Waals surface area contributed by atoms with Gasteiger partial charge in [0.1, 0.15) is 0 Å². The van der Waals surface area contributed by atoms with E-state index in [9.17, 15) is 13.2 Å². The van der Waals surface area contributed by atoms with E-state index in [-0.39, 0.29) is 17.1 Å². The molecule has 0 fully saturated rings. The van der Waals surface area contributed by atoms with Crippen molar-refractivity contribution in [2.75, 3.05) is 27.4 Å². The Morgan fingerprint density at radius 1 is 1.40 bits per heavy atom. The molecule has 0 saturated heterocycles. The maximum absolute atomic E-state index is 12.1. The Kier molecular flexibility index (Phi) is 6.08. The highest BCUT2D eigenvalue weighted by atomic mass is 32.2. The topological polar surface area (TPSA) is 102 Å². The van der Waals surface area contributed by atoms with Gasteiger partial charge in [-0.3, -0.25) is 0 Å². The summed E-state index contributed by atoms with van der Waals surface area (Å²) in [5.41, 5.74) is 0.127. The molecule has 0 aromatic heterocycles. The van der Waals surface area contributed by atoms with Crippen molar-refractivity contribution < 1.29 is 27.8 Å². The molecule has 1 aromatic carbocycles. The molecule has 2 N–H and O–H groups in total. The third-order valence-corrected chi connectivity index (χ3v) is 3.99. The minimum absolute atomic E-state index is 0.0341. The number of hydrogen-bond acceptors (Lipinski definition) is 6. The van der Waals surface area contributed by atoms with Crippen LogP contribution in [-0.4, -0.2) is 53.0 Å².